The van der Waals surface area contributed by atoms with E-state index in [9.17, 15) is 4.79 Å². The molecule has 1 aliphatic heterocycles. The summed E-state index contributed by atoms with van der Waals surface area (Å²) in [5.41, 5.74) is 2.72. The Morgan fingerprint density at radius 2 is 2.05 bits per heavy atom. The second-order valence-corrected chi connectivity index (χ2v) is 6.15. The largest absolute Gasteiger partial charge is 0.365 e. The fourth-order valence-electron chi connectivity index (χ4n) is 1.98. The Balaban J connectivity index is 1.81. The molecule has 0 radical (unpaired) electrons. The van der Waals surface area contributed by atoms with Gasteiger partial charge in [-0.15, -0.1) is 0 Å². The van der Waals surface area contributed by atoms with Crippen molar-refractivity contribution < 1.29 is 4.79 Å². The SMILES string of the molecule is Cc1ccc(N[C@@H]2Sc3ccccc3NC2=O)cc1Cl. The van der Waals surface area contributed by atoms with Crippen LogP contribution in [-0.2, 0) is 4.79 Å². The van der Waals surface area contributed by atoms with Gasteiger partial charge in [0.05, 0.1) is 5.69 Å². The van der Waals surface area contributed by atoms with Crippen LogP contribution in [0.25, 0.3) is 0 Å². The zero-order valence-electron chi connectivity index (χ0n) is 10.8. The molecule has 0 saturated heterocycles. The number of amides is 1. The Kier molecular flexibility index (Phi) is 3.59. The van der Waals surface area contributed by atoms with Gasteiger partial charge in [-0.2, -0.15) is 0 Å². The Bertz CT molecular complexity index is 675. The standard InChI is InChI=1S/C15H13ClN2OS/c1-9-6-7-10(8-11(9)16)17-15-14(19)18-12-4-2-3-5-13(12)20-15/h2-8,15,17H,1H3,(H,18,19)/t15-/m1/s1. The third kappa shape index (κ3) is 2.62. The number of carbonyl (C=O) groups excluding carboxylic acids is 1. The second-order valence-electron chi connectivity index (χ2n) is 4.59. The van der Waals surface area contributed by atoms with Crippen LogP contribution in [0.5, 0.6) is 0 Å². The topological polar surface area (TPSA) is 41.1 Å². The summed E-state index contributed by atoms with van der Waals surface area (Å²) in [6, 6.07) is 13.5. The van der Waals surface area contributed by atoms with Crippen molar-refractivity contribution in [1.29, 1.82) is 0 Å². The highest BCUT2D eigenvalue weighted by Gasteiger charge is 2.26. The first kappa shape index (κ1) is 13.3. The van der Waals surface area contributed by atoms with Crippen LogP contribution in [0.1, 0.15) is 5.56 Å². The summed E-state index contributed by atoms with van der Waals surface area (Å²) in [5, 5.41) is 6.44. The second kappa shape index (κ2) is 5.38. The molecule has 1 heterocycles. The predicted octanol–water partition coefficient (Wildman–Crippen LogP) is 4.13. The number of hydrogen-bond acceptors (Lipinski definition) is 3. The molecule has 20 heavy (non-hydrogen) atoms. The molecule has 2 aromatic rings. The van der Waals surface area contributed by atoms with E-state index in [1.54, 1.807) is 0 Å². The smallest absolute Gasteiger partial charge is 0.257 e. The van der Waals surface area contributed by atoms with Gasteiger partial charge < -0.3 is 10.6 Å². The zero-order chi connectivity index (χ0) is 14.1. The van der Waals surface area contributed by atoms with Crippen molar-refractivity contribution >= 4 is 40.6 Å². The Morgan fingerprint density at radius 3 is 2.85 bits per heavy atom. The number of benzene rings is 2. The lowest BCUT2D eigenvalue weighted by atomic mass is 10.2. The van der Waals surface area contributed by atoms with Gasteiger partial charge in [-0.25, -0.2) is 0 Å². The fourth-order valence-corrected chi connectivity index (χ4v) is 3.18. The van der Waals surface area contributed by atoms with E-state index in [4.69, 9.17) is 11.6 Å². The fraction of sp³-hybridized carbons (Fsp3) is 0.133. The van der Waals surface area contributed by atoms with Crippen molar-refractivity contribution in [1.82, 2.24) is 0 Å². The Hall–Kier alpha value is -1.65. The lowest BCUT2D eigenvalue weighted by Gasteiger charge is -2.25. The Morgan fingerprint density at radius 1 is 1.25 bits per heavy atom. The van der Waals surface area contributed by atoms with Gasteiger partial charge in [0.2, 0.25) is 0 Å². The molecule has 1 atom stereocenters. The van der Waals surface area contributed by atoms with E-state index in [1.807, 2.05) is 49.4 Å². The molecule has 0 fully saturated rings. The normalized spacial score (nSPS) is 17.3. The van der Waals surface area contributed by atoms with E-state index >= 15 is 0 Å². The summed E-state index contributed by atoms with van der Waals surface area (Å²) < 4.78 is 0. The molecule has 0 aromatic heterocycles. The molecule has 0 aliphatic carbocycles. The van der Waals surface area contributed by atoms with Crippen LogP contribution in [0.2, 0.25) is 5.02 Å². The number of aryl methyl sites for hydroxylation is 1. The molecule has 102 valence electrons. The third-order valence-electron chi connectivity index (χ3n) is 3.10. The van der Waals surface area contributed by atoms with Crippen LogP contribution in [0.15, 0.2) is 47.4 Å². The average molecular weight is 305 g/mol. The molecule has 3 nitrogen and oxygen atoms in total. The minimum absolute atomic E-state index is 0.0506. The number of thioether (sulfide) groups is 1. The molecule has 0 unspecified atom stereocenters. The number of fused-ring (bicyclic) bond motifs is 1. The number of halogens is 1. The van der Waals surface area contributed by atoms with E-state index < -0.39 is 0 Å². The van der Waals surface area contributed by atoms with Crippen molar-refractivity contribution in [2.24, 2.45) is 0 Å². The van der Waals surface area contributed by atoms with Gasteiger partial charge in [0.1, 0.15) is 0 Å². The van der Waals surface area contributed by atoms with Crippen LogP contribution < -0.4 is 10.6 Å². The first-order valence-electron chi connectivity index (χ1n) is 6.23. The van der Waals surface area contributed by atoms with E-state index in [0.29, 0.717) is 5.02 Å². The average Bonchev–Trinajstić information content (AvgIpc) is 2.44. The van der Waals surface area contributed by atoms with Gasteiger partial charge in [-0.05, 0) is 36.8 Å². The van der Waals surface area contributed by atoms with Crippen LogP contribution in [0.4, 0.5) is 11.4 Å². The Labute approximate surface area is 126 Å². The molecular formula is C15H13ClN2OS. The van der Waals surface area contributed by atoms with E-state index in [-0.39, 0.29) is 11.3 Å². The molecule has 0 bridgehead atoms. The molecule has 5 heteroatoms. The van der Waals surface area contributed by atoms with Crippen LogP contribution in [0.3, 0.4) is 0 Å². The zero-order valence-corrected chi connectivity index (χ0v) is 12.4. The van der Waals surface area contributed by atoms with Crippen molar-refractivity contribution in [3.05, 3.63) is 53.1 Å². The van der Waals surface area contributed by atoms with E-state index in [1.165, 1.54) is 11.8 Å². The van der Waals surface area contributed by atoms with Crippen molar-refractivity contribution in [3.8, 4) is 0 Å². The molecule has 1 aliphatic rings. The number of nitrogens with one attached hydrogen (secondary N) is 2. The number of para-hydroxylation sites is 1. The van der Waals surface area contributed by atoms with Crippen LogP contribution >= 0.6 is 23.4 Å². The summed E-state index contributed by atoms with van der Waals surface area (Å²) in [4.78, 5) is 13.1. The predicted molar refractivity (Wildman–Crippen MR) is 84.5 cm³/mol. The van der Waals surface area contributed by atoms with E-state index in [2.05, 4.69) is 10.6 Å². The number of rotatable bonds is 2. The molecule has 0 saturated carbocycles. The minimum Gasteiger partial charge on any atom is -0.365 e. The highest BCUT2D eigenvalue weighted by atomic mass is 35.5. The number of anilines is 2. The lowest BCUT2D eigenvalue weighted by molar-refractivity contribution is -0.115. The first-order valence-corrected chi connectivity index (χ1v) is 7.48. The van der Waals surface area contributed by atoms with Crippen LogP contribution in [-0.4, -0.2) is 11.3 Å². The summed E-state index contributed by atoms with van der Waals surface area (Å²) in [6.45, 7) is 1.95. The maximum absolute atomic E-state index is 12.1. The van der Waals surface area contributed by atoms with Gasteiger partial charge in [-0.3, -0.25) is 4.79 Å². The monoisotopic (exact) mass is 304 g/mol. The molecule has 2 aromatic carbocycles. The summed E-state index contributed by atoms with van der Waals surface area (Å²) >= 11 is 7.61. The first-order chi connectivity index (χ1) is 9.63. The molecule has 1 amide bonds. The molecule has 2 N–H and O–H groups in total. The summed E-state index contributed by atoms with van der Waals surface area (Å²) in [5.74, 6) is -0.0506. The molecule has 0 spiro atoms. The maximum Gasteiger partial charge on any atom is 0.257 e. The quantitative estimate of drug-likeness (QED) is 0.876. The van der Waals surface area contributed by atoms with Gasteiger partial charge >= 0.3 is 0 Å². The minimum atomic E-state index is -0.358. The van der Waals surface area contributed by atoms with Crippen molar-refractivity contribution in [2.45, 2.75) is 17.2 Å². The summed E-state index contributed by atoms with van der Waals surface area (Å²) in [7, 11) is 0. The van der Waals surface area contributed by atoms with Crippen LogP contribution in [0, 0.1) is 6.92 Å². The highest BCUT2D eigenvalue weighted by Crippen LogP contribution is 2.36. The summed E-state index contributed by atoms with van der Waals surface area (Å²) in [6.07, 6.45) is 0. The lowest BCUT2D eigenvalue weighted by Crippen LogP contribution is -2.34. The van der Waals surface area contributed by atoms with Crippen molar-refractivity contribution in [3.63, 3.8) is 0 Å². The highest BCUT2D eigenvalue weighted by molar-refractivity contribution is 8.01. The van der Waals surface area contributed by atoms with Gasteiger partial charge in [-0.1, -0.05) is 41.6 Å². The number of hydrogen-bond donors (Lipinski definition) is 2. The molecular weight excluding hydrogens is 292 g/mol. The van der Waals surface area contributed by atoms with Gasteiger partial charge in [0.15, 0.2) is 5.37 Å². The number of carbonyl (C=O) groups is 1. The van der Waals surface area contributed by atoms with E-state index in [0.717, 1.165) is 21.8 Å². The van der Waals surface area contributed by atoms with Crippen molar-refractivity contribution in [2.75, 3.05) is 10.6 Å². The molecule has 3 rings (SSSR count). The van der Waals surface area contributed by atoms with Gasteiger partial charge in [0, 0.05) is 15.6 Å². The third-order valence-corrected chi connectivity index (χ3v) is 4.68. The van der Waals surface area contributed by atoms with Gasteiger partial charge in [0.25, 0.3) is 5.91 Å². The maximum atomic E-state index is 12.1.